The van der Waals surface area contributed by atoms with Crippen LogP contribution >= 0.6 is 11.3 Å². The third kappa shape index (κ3) is 4.29. The van der Waals surface area contributed by atoms with E-state index in [1.165, 1.54) is 19.2 Å². The lowest BCUT2D eigenvalue weighted by Gasteiger charge is -2.11. The molecule has 24 heavy (non-hydrogen) atoms. The van der Waals surface area contributed by atoms with Crippen LogP contribution in [0.25, 0.3) is 0 Å². The Hall–Kier alpha value is -2.94. The van der Waals surface area contributed by atoms with Gasteiger partial charge in [-0.15, -0.1) is 0 Å². The van der Waals surface area contributed by atoms with Crippen LogP contribution in [0.3, 0.4) is 0 Å². The second kappa shape index (κ2) is 7.55. The Morgan fingerprint density at radius 2 is 2.04 bits per heavy atom. The Morgan fingerprint density at radius 1 is 1.29 bits per heavy atom. The van der Waals surface area contributed by atoms with Crippen LogP contribution in [0.4, 0.5) is 10.7 Å². The molecule has 0 aliphatic rings. The molecule has 0 saturated carbocycles. The van der Waals surface area contributed by atoms with Gasteiger partial charge in [0, 0.05) is 6.07 Å². The molecule has 1 amide bonds. The van der Waals surface area contributed by atoms with Crippen molar-refractivity contribution >= 4 is 33.9 Å². The average Bonchev–Trinajstić information content (AvgIpc) is 3.03. The summed E-state index contributed by atoms with van der Waals surface area (Å²) in [6.07, 6.45) is 0. The molecule has 8 nitrogen and oxygen atoms in total. The van der Waals surface area contributed by atoms with E-state index in [9.17, 15) is 19.7 Å². The maximum absolute atomic E-state index is 11.9. The standard InChI is InChI=1S/C15H14N2O6S/c1-9-3-4-11(22-2)10(7-9)16-13(18)8-23-15(19)12-5-6-14(24-12)17(20)21/h3-7H,8H2,1-2H3,(H,16,18). The molecular weight excluding hydrogens is 336 g/mol. The molecule has 0 saturated heterocycles. The lowest BCUT2D eigenvalue weighted by molar-refractivity contribution is -0.380. The van der Waals surface area contributed by atoms with Crippen molar-refractivity contribution < 1.29 is 24.0 Å². The maximum atomic E-state index is 11.9. The van der Waals surface area contributed by atoms with Gasteiger partial charge in [0.25, 0.3) is 5.91 Å². The number of aryl methyl sites for hydroxylation is 1. The molecule has 2 aromatic rings. The van der Waals surface area contributed by atoms with Crippen LogP contribution in [0.15, 0.2) is 30.3 Å². The first kappa shape index (κ1) is 17.4. The molecule has 0 atom stereocenters. The van der Waals surface area contributed by atoms with E-state index in [0.717, 1.165) is 5.56 Å². The summed E-state index contributed by atoms with van der Waals surface area (Å²) in [5, 5.41) is 13.0. The van der Waals surface area contributed by atoms with Gasteiger partial charge in [0.15, 0.2) is 6.61 Å². The SMILES string of the molecule is COc1ccc(C)cc1NC(=O)COC(=O)c1ccc([N+](=O)[O-])s1. The Balaban J connectivity index is 1.94. The summed E-state index contributed by atoms with van der Waals surface area (Å²) in [4.78, 5) is 33.7. The Bertz CT molecular complexity index is 786. The van der Waals surface area contributed by atoms with Gasteiger partial charge >= 0.3 is 11.0 Å². The number of thiophene rings is 1. The van der Waals surface area contributed by atoms with Gasteiger partial charge in [-0.05, 0) is 30.7 Å². The molecular formula is C15H14N2O6S. The number of nitrogens with one attached hydrogen (secondary N) is 1. The molecule has 0 spiro atoms. The second-order valence-electron chi connectivity index (χ2n) is 4.72. The third-order valence-corrected chi connectivity index (χ3v) is 3.95. The molecule has 1 heterocycles. The van der Waals surface area contributed by atoms with Gasteiger partial charge < -0.3 is 14.8 Å². The van der Waals surface area contributed by atoms with Crippen LogP contribution < -0.4 is 10.1 Å². The van der Waals surface area contributed by atoms with Crippen molar-refractivity contribution in [2.45, 2.75) is 6.92 Å². The van der Waals surface area contributed by atoms with Crippen LogP contribution in [0.2, 0.25) is 0 Å². The largest absolute Gasteiger partial charge is 0.495 e. The van der Waals surface area contributed by atoms with E-state index in [2.05, 4.69) is 5.32 Å². The van der Waals surface area contributed by atoms with E-state index in [4.69, 9.17) is 9.47 Å². The number of esters is 1. The lowest BCUT2D eigenvalue weighted by Crippen LogP contribution is -2.21. The zero-order valence-electron chi connectivity index (χ0n) is 12.9. The number of nitrogens with zero attached hydrogens (tertiary/aromatic N) is 1. The van der Waals surface area contributed by atoms with E-state index in [1.807, 2.05) is 13.0 Å². The first-order valence-electron chi connectivity index (χ1n) is 6.76. The number of amides is 1. The summed E-state index contributed by atoms with van der Waals surface area (Å²) < 4.78 is 9.99. The molecule has 0 fully saturated rings. The molecule has 1 N–H and O–H groups in total. The number of rotatable bonds is 6. The Labute approximate surface area is 141 Å². The molecule has 0 bridgehead atoms. The minimum atomic E-state index is -0.792. The zero-order chi connectivity index (χ0) is 17.7. The fourth-order valence-corrected chi connectivity index (χ4v) is 2.56. The van der Waals surface area contributed by atoms with Gasteiger partial charge in [-0.3, -0.25) is 14.9 Å². The fourth-order valence-electron chi connectivity index (χ4n) is 1.84. The van der Waals surface area contributed by atoms with Crippen molar-refractivity contribution in [3.63, 3.8) is 0 Å². The first-order chi connectivity index (χ1) is 11.4. The fraction of sp³-hybridized carbons (Fsp3) is 0.200. The van der Waals surface area contributed by atoms with Gasteiger partial charge in [0.1, 0.15) is 10.6 Å². The average molecular weight is 350 g/mol. The van der Waals surface area contributed by atoms with Crippen LogP contribution in [0.5, 0.6) is 5.75 Å². The van der Waals surface area contributed by atoms with Crippen molar-refractivity contribution in [3.8, 4) is 5.75 Å². The van der Waals surface area contributed by atoms with Crippen molar-refractivity contribution in [2.24, 2.45) is 0 Å². The van der Waals surface area contributed by atoms with Crippen LogP contribution in [0, 0.1) is 17.0 Å². The molecule has 0 aliphatic heterocycles. The summed E-state index contributed by atoms with van der Waals surface area (Å²) in [5.41, 5.74) is 1.39. The highest BCUT2D eigenvalue weighted by Gasteiger charge is 2.17. The first-order valence-corrected chi connectivity index (χ1v) is 7.58. The predicted octanol–water partition coefficient (Wildman–Crippen LogP) is 2.77. The number of hydrogen-bond acceptors (Lipinski definition) is 7. The number of anilines is 1. The molecule has 1 aromatic carbocycles. The summed E-state index contributed by atoms with van der Waals surface area (Å²) in [5.74, 6) is -0.855. The smallest absolute Gasteiger partial charge is 0.349 e. The minimum absolute atomic E-state index is 0.0580. The highest BCUT2D eigenvalue weighted by atomic mass is 32.1. The number of benzene rings is 1. The number of ether oxygens (including phenoxy) is 2. The van der Waals surface area contributed by atoms with Gasteiger partial charge in [0.2, 0.25) is 0 Å². The van der Waals surface area contributed by atoms with Gasteiger partial charge in [0.05, 0.1) is 17.7 Å². The van der Waals surface area contributed by atoms with Crippen LogP contribution in [-0.4, -0.2) is 30.5 Å². The molecule has 126 valence electrons. The molecule has 0 radical (unpaired) electrons. The van der Waals surface area contributed by atoms with E-state index >= 15 is 0 Å². The molecule has 0 unspecified atom stereocenters. The number of methoxy groups -OCH3 is 1. The summed E-state index contributed by atoms with van der Waals surface area (Å²) >= 11 is 0.687. The normalized spacial score (nSPS) is 10.1. The van der Waals surface area contributed by atoms with Crippen molar-refractivity contribution in [1.82, 2.24) is 0 Å². The monoisotopic (exact) mass is 350 g/mol. The summed E-state index contributed by atoms with van der Waals surface area (Å²) in [6.45, 7) is 1.35. The van der Waals surface area contributed by atoms with Gasteiger partial charge in [-0.2, -0.15) is 0 Å². The van der Waals surface area contributed by atoms with Gasteiger partial charge in [-0.25, -0.2) is 4.79 Å². The predicted molar refractivity (Wildman–Crippen MR) is 87.6 cm³/mol. The highest BCUT2D eigenvalue weighted by Crippen LogP contribution is 2.26. The Morgan fingerprint density at radius 3 is 2.67 bits per heavy atom. The van der Waals surface area contributed by atoms with E-state index in [-0.39, 0.29) is 9.88 Å². The molecule has 0 aliphatic carbocycles. The van der Waals surface area contributed by atoms with Crippen LogP contribution in [0.1, 0.15) is 15.2 Å². The molecule has 9 heteroatoms. The van der Waals surface area contributed by atoms with Crippen molar-refractivity contribution in [3.05, 3.63) is 50.9 Å². The third-order valence-electron chi connectivity index (χ3n) is 2.94. The second-order valence-corrected chi connectivity index (χ2v) is 5.79. The molecule has 1 aromatic heterocycles. The number of hydrogen-bond donors (Lipinski definition) is 1. The minimum Gasteiger partial charge on any atom is -0.495 e. The summed E-state index contributed by atoms with van der Waals surface area (Å²) in [6, 6.07) is 7.76. The molecule has 2 rings (SSSR count). The zero-order valence-corrected chi connectivity index (χ0v) is 13.7. The summed E-state index contributed by atoms with van der Waals surface area (Å²) in [7, 11) is 1.48. The lowest BCUT2D eigenvalue weighted by atomic mass is 10.2. The van der Waals surface area contributed by atoms with Crippen molar-refractivity contribution in [2.75, 3.05) is 19.0 Å². The maximum Gasteiger partial charge on any atom is 0.349 e. The highest BCUT2D eigenvalue weighted by molar-refractivity contribution is 7.17. The Kier molecular flexibility index (Phi) is 5.48. The van der Waals surface area contributed by atoms with Crippen molar-refractivity contribution in [1.29, 1.82) is 0 Å². The van der Waals surface area contributed by atoms with E-state index < -0.39 is 23.4 Å². The van der Waals surface area contributed by atoms with Crippen LogP contribution in [-0.2, 0) is 9.53 Å². The van der Waals surface area contributed by atoms with E-state index in [1.54, 1.807) is 12.1 Å². The van der Waals surface area contributed by atoms with E-state index in [0.29, 0.717) is 22.8 Å². The number of carbonyl (C=O) groups is 2. The topological polar surface area (TPSA) is 108 Å². The van der Waals surface area contributed by atoms with Gasteiger partial charge in [-0.1, -0.05) is 17.4 Å². The number of carbonyl (C=O) groups excluding carboxylic acids is 2. The number of nitro groups is 1. The quantitative estimate of drug-likeness (QED) is 0.487.